The van der Waals surface area contributed by atoms with Crippen molar-refractivity contribution in [3.05, 3.63) is 24.3 Å². The molecule has 1 aromatic heterocycles. The van der Waals surface area contributed by atoms with Gasteiger partial charge in [-0.15, -0.1) is 0 Å². The molecule has 0 aromatic carbocycles. The van der Waals surface area contributed by atoms with Crippen LogP contribution in [0.15, 0.2) is 18.3 Å². The van der Waals surface area contributed by atoms with Gasteiger partial charge in [-0.25, -0.2) is 4.98 Å². The normalized spacial score (nSPS) is 11.9. The standard InChI is InChI=1S/C10H12FN3/c1-8(3-5-12)14(2)9-4-6-13-10(11)7-9/h4,6-8H,3H2,1-2H3. The fraction of sp³-hybridized carbons (Fsp3) is 0.400. The molecule has 0 aliphatic heterocycles. The Bertz CT molecular complexity index is 345. The molecule has 0 bridgehead atoms. The lowest BCUT2D eigenvalue weighted by atomic mass is 10.2. The molecular weight excluding hydrogens is 181 g/mol. The van der Waals surface area contributed by atoms with Gasteiger partial charge in [0.15, 0.2) is 0 Å². The predicted octanol–water partition coefficient (Wildman–Crippen LogP) is 1.96. The second-order valence-electron chi connectivity index (χ2n) is 3.16. The highest BCUT2D eigenvalue weighted by Gasteiger charge is 2.09. The van der Waals surface area contributed by atoms with Gasteiger partial charge >= 0.3 is 0 Å². The number of halogens is 1. The van der Waals surface area contributed by atoms with Crippen LogP contribution in [0.5, 0.6) is 0 Å². The molecule has 74 valence electrons. The third-order valence-corrected chi connectivity index (χ3v) is 2.17. The Labute approximate surface area is 82.8 Å². The number of pyridine rings is 1. The zero-order valence-corrected chi connectivity index (χ0v) is 8.24. The van der Waals surface area contributed by atoms with Gasteiger partial charge < -0.3 is 4.90 Å². The molecule has 0 spiro atoms. The van der Waals surface area contributed by atoms with Gasteiger partial charge in [-0.05, 0) is 13.0 Å². The smallest absolute Gasteiger partial charge is 0.214 e. The monoisotopic (exact) mass is 193 g/mol. The average Bonchev–Trinajstić information content (AvgIpc) is 2.17. The number of hydrogen-bond donors (Lipinski definition) is 0. The SMILES string of the molecule is CC(CC#N)N(C)c1ccnc(F)c1. The number of rotatable bonds is 3. The highest BCUT2D eigenvalue weighted by Crippen LogP contribution is 2.15. The first-order chi connectivity index (χ1) is 6.65. The van der Waals surface area contributed by atoms with E-state index in [9.17, 15) is 4.39 Å². The lowest BCUT2D eigenvalue weighted by Gasteiger charge is -2.24. The summed E-state index contributed by atoms with van der Waals surface area (Å²) in [5.74, 6) is -0.501. The number of hydrogen-bond acceptors (Lipinski definition) is 3. The first kappa shape index (κ1) is 10.5. The Morgan fingerprint density at radius 2 is 2.43 bits per heavy atom. The van der Waals surface area contributed by atoms with Crippen molar-refractivity contribution in [3.63, 3.8) is 0 Å². The quantitative estimate of drug-likeness (QED) is 0.689. The van der Waals surface area contributed by atoms with Crippen LogP contribution in [0, 0.1) is 17.3 Å². The maximum Gasteiger partial charge on any atom is 0.214 e. The van der Waals surface area contributed by atoms with Crippen molar-refractivity contribution >= 4 is 5.69 Å². The van der Waals surface area contributed by atoms with Crippen LogP contribution in [0.2, 0.25) is 0 Å². The Hall–Kier alpha value is -1.63. The van der Waals surface area contributed by atoms with Crippen LogP contribution in [0.1, 0.15) is 13.3 Å². The van der Waals surface area contributed by atoms with Crippen molar-refractivity contribution in [2.75, 3.05) is 11.9 Å². The molecule has 0 saturated heterocycles. The Kier molecular flexibility index (Phi) is 3.41. The number of aromatic nitrogens is 1. The minimum Gasteiger partial charge on any atom is -0.371 e. The van der Waals surface area contributed by atoms with Crippen LogP contribution in [-0.2, 0) is 0 Å². The fourth-order valence-electron chi connectivity index (χ4n) is 1.14. The van der Waals surface area contributed by atoms with Crippen molar-refractivity contribution in [2.24, 2.45) is 0 Å². The summed E-state index contributed by atoms with van der Waals surface area (Å²) >= 11 is 0. The molecule has 0 fully saturated rings. The number of nitriles is 1. The van der Waals surface area contributed by atoms with E-state index in [1.165, 1.54) is 12.3 Å². The van der Waals surface area contributed by atoms with Crippen molar-refractivity contribution < 1.29 is 4.39 Å². The van der Waals surface area contributed by atoms with Crippen molar-refractivity contribution in [3.8, 4) is 6.07 Å². The van der Waals surface area contributed by atoms with E-state index < -0.39 is 5.95 Å². The molecule has 0 aliphatic rings. The molecule has 3 nitrogen and oxygen atoms in total. The third kappa shape index (κ3) is 2.43. The van der Waals surface area contributed by atoms with Gasteiger partial charge in [0, 0.05) is 31.0 Å². The van der Waals surface area contributed by atoms with Crippen molar-refractivity contribution in [1.82, 2.24) is 4.98 Å². The third-order valence-electron chi connectivity index (χ3n) is 2.17. The van der Waals surface area contributed by atoms with Gasteiger partial charge in [-0.2, -0.15) is 9.65 Å². The lowest BCUT2D eigenvalue weighted by Crippen LogP contribution is -2.28. The summed E-state index contributed by atoms with van der Waals surface area (Å²) in [4.78, 5) is 5.32. The maximum absolute atomic E-state index is 12.8. The molecule has 0 amide bonds. The van der Waals surface area contributed by atoms with E-state index >= 15 is 0 Å². The van der Waals surface area contributed by atoms with Crippen LogP contribution < -0.4 is 4.90 Å². The number of nitrogens with zero attached hydrogens (tertiary/aromatic N) is 3. The Balaban J connectivity index is 2.79. The minimum atomic E-state index is -0.501. The van der Waals surface area contributed by atoms with E-state index in [-0.39, 0.29) is 6.04 Å². The molecule has 1 heterocycles. The highest BCUT2D eigenvalue weighted by molar-refractivity contribution is 5.45. The van der Waals surface area contributed by atoms with E-state index in [4.69, 9.17) is 5.26 Å². The van der Waals surface area contributed by atoms with Crippen molar-refractivity contribution in [1.29, 1.82) is 5.26 Å². The minimum absolute atomic E-state index is 0.0711. The highest BCUT2D eigenvalue weighted by atomic mass is 19.1. The Morgan fingerprint density at radius 3 is 3.00 bits per heavy atom. The van der Waals surface area contributed by atoms with Gasteiger partial charge in [0.05, 0.1) is 12.5 Å². The lowest BCUT2D eigenvalue weighted by molar-refractivity contribution is 0.581. The van der Waals surface area contributed by atoms with Gasteiger partial charge in [0.1, 0.15) is 0 Å². The molecule has 14 heavy (non-hydrogen) atoms. The van der Waals surface area contributed by atoms with Crippen LogP contribution in [0.3, 0.4) is 0 Å². The van der Waals surface area contributed by atoms with E-state index in [0.29, 0.717) is 6.42 Å². The summed E-state index contributed by atoms with van der Waals surface area (Å²) in [5.41, 5.74) is 0.736. The number of anilines is 1. The molecule has 4 heteroatoms. The van der Waals surface area contributed by atoms with Crippen LogP contribution in [-0.4, -0.2) is 18.1 Å². The predicted molar refractivity (Wildman–Crippen MR) is 52.3 cm³/mol. The summed E-state index contributed by atoms with van der Waals surface area (Å²) in [6.07, 6.45) is 1.83. The summed E-state index contributed by atoms with van der Waals surface area (Å²) < 4.78 is 12.8. The zero-order valence-electron chi connectivity index (χ0n) is 8.24. The van der Waals surface area contributed by atoms with Gasteiger partial charge in [0.2, 0.25) is 5.95 Å². The second kappa shape index (κ2) is 4.56. The first-order valence-corrected chi connectivity index (χ1v) is 4.36. The van der Waals surface area contributed by atoms with Crippen molar-refractivity contribution in [2.45, 2.75) is 19.4 Å². The molecule has 0 saturated carbocycles. The summed E-state index contributed by atoms with van der Waals surface area (Å²) in [6, 6.07) is 5.23. The summed E-state index contributed by atoms with van der Waals surface area (Å²) in [5, 5.41) is 8.52. The fourth-order valence-corrected chi connectivity index (χ4v) is 1.14. The molecule has 1 unspecified atom stereocenters. The molecule has 0 radical (unpaired) electrons. The zero-order chi connectivity index (χ0) is 10.6. The first-order valence-electron chi connectivity index (χ1n) is 4.36. The van der Waals surface area contributed by atoms with Crippen LogP contribution in [0.25, 0.3) is 0 Å². The van der Waals surface area contributed by atoms with E-state index in [2.05, 4.69) is 11.1 Å². The summed E-state index contributed by atoms with van der Waals surface area (Å²) in [6.45, 7) is 1.92. The second-order valence-corrected chi connectivity index (χ2v) is 3.16. The van der Waals surface area contributed by atoms with Crippen LogP contribution >= 0.6 is 0 Å². The summed E-state index contributed by atoms with van der Waals surface area (Å²) in [7, 11) is 1.83. The van der Waals surface area contributed by atoms with Gasteiger partial charge in [-0.1, -0.05) is 0 Å². The maximum atomic E-state index is 12.8. The van der Waals surface area contributed by atoms with E-state index in [1.807, 2.05) is 18.9 Å². The van der Waals surface area contributed by atoms with Gasteiger partial charge in [0.25, 0.3) is 0 Å². The molecule has 1 atom stereocenters. The van der Waals surface area contributed by atoms with E-state index in [0.717, 1.165) is 5.69 Å². The van der Waals surface area contributed by atoms with E-state index in [1.54, 1.807) is 6.07 Å². The Morgan fingerprint density at radius 1 is 1.71 bits per heavy atom. The largest absolute Gasteiger partial charge is 0.371 e. The molecule has 1 aromatic rings. The van der Waals surface area contributed by atoms with Crippen LogP contribution in [0.4, 0.5) is 10.1 Å². The molecule has 0 aliphatic carbocycles. The average molecular weight is 193 g/mol. The van der Waals surface area contributed by atoms with Gasteiger partial charge in [-0.3, -0.25) is 0 Å². The molecule has 0 N–H and O–H groups in total. The topological polar surface area (TPSA) is 39.9 Å². The molecule has 1 rings (SSSR count). The molecular formula is C10H12FN3.